The van der Waals surface area contributed by atoms with Crippen LogP contribution in [0.3, 0.4) is 0 Å². The number of fused-ring (bicyclic) bond motifs is 4. The number of rotatable bonds is 0. The molecule has 0 atom stereocenters. The van der Waals surface area contributed by atoms with Crippen LogP contribution < -0.4 is 18.9 Å². The van der Waals surface area contributed by atoms with Crippen LogP contribution in [0.5, 0.6) is 23.0 Å². The summed E-state index contributed by atoms with van der Waals surface area (Å²) < 4.78 is 68.1. The van der Waals surface area contributed by atoms with Gasteiger partial charge in [0.1, 0.15) is 49.4 Å². The summed E-state index contributed by atoms with van der Waals surface area (Å²) in [6.07, 6.45) is 3.88. The molecule has 0 spiro atoms. The molecular formula is C70H70N4O12. The normalized spacial score (nSPS) is 16.5. The van der Waals surface area contributed by atoms with Crippen LogP contribution >= 0.6 is 0 Å². The molecule has 0 fully saturated rings. The van der Waals surface area contributed by atoms with Crippen LogP contribution in [0.4, 0.5) is 0 Å². The highest BCUT2D eigenvalue weighted by molar-refractivity contribution is 6.05. The van der Waals surface area contributed by atoms with Crippen LogP contribution in [0.15, 0.2) is 182 Å². The van der Waals surface area contributed by atoms with E-state index < -0.39 is 0 Å². The molecule has 0 amide bonds. The van der Waals surface area contributed by atoms with E-state index in [9.17, 15) is 0 Å². The minimum Gasteiger partial charge on any atom is -0.491 e. The lowest BCUT2D eigenvalue weighted by atomic mass is 10.1. The maximum absolute atomic E-state index is 5.86. The van der Waals surface area contributed by atoms with E-state index in [4.69, 9.17) is 76.8 Å². The molecule has 16 rings (SSSR count). The zero-order valence-electron chi connectivity index (χ0n) is 48.2. The molecule has 16 nitrogen and oxygen atoms in total. The van der Waals surface area contributed by atoms with Crippen molar-refractivity contribution in [3.8, 4) is 68.0 Å². The molecule has 0 N–H and O–H groups in total. The molecule has 6 aliphatic heterocycles. The third kappa shape index (κ3) is 16.9. The Bertz CT molecular complexity index is 3510. The molecule has 0 unspecified atom stereocenters. The number of benzene rings is 6. The number of nitrogens with zero attached hydrogens (tertiary/aromatic N) is 4. The van der Waals surface area contributed by atoms with Gasteiger partial charge in [-0.15, -0.1) is 0 Å². The predicted octanol–water partition coefficient (Wildman–Crippen LogP) is 12.5. The van der Waals surface area contributed by atoms with Gasteiger partial charge in [0.15, 0.2) is 0 Å². The predicted molar refractivity (Wildman–Crippen MR) is 334 cm³/mol. The van der Waals surface area contributed by atoms with Crippen LogP contribution in [0.25, 0.3) is 88.6 Å². The maximum Gasteiger partial charge on any atom is 0.119 e. The Labute approximate surface area is 500 Å². The largest absolute Gasteiger partial charge is 0.491 e. The van der Waals surface area contributed by atoms with Crippen molar-refractivity contribution in [1.82, 2.24) is 19.9 Å². The number of hydrogen-bond donors (Lipinski definition) is 0. The van der Waals surface area contributed by atoms with Crippen molar-refractivity contribution < 1.29 is 56.8 Å². The summed E-state index contributed by atoms with van der Waals surface area (Å²) >= 11 is 0. The molecule has 16 heteroatoms. The van der Waals surface area contributed by atoms with E-state index in [0.717, 1.165) is 112 Å². The summed E-state index contributed by atoms with van der Waals surface area (Å²) in [6.45, 7) is 9.96. The Hall–Kier alpha value is -8.42. The van der Waals surface area contributed by atoms with E-state index in [1.54, 1.807) is 0 Å². The van der Waals surface area contributed by atoms with Gasteiger partial charge in [0.05, 0.1) is 151 Å². The Balaban J connectivity index is 0.000000179. The fourth-order valence-corrected chi connectivity index (χ4v) is 9.58. The minimum absolute atomic E-state index is 0.463. The second-order valence-corrected chi connectivity index (χ2v) is 20.0. The number of aromatic nitrogens is 4. The quantitative estimate of drug-likeness (QED) is 0.104. The second-order valence-electron chi connectivity index (χ2n) is 20.0. The van der Waals surface area contributed by atoms with Gasteiger partial charge in [0.25, 0.3) is 0 Å². The van der Waals surface area contributed by atoms with Crippen LogP contribution in [0, 0.1) is 0 Å². The van der Waals surface area contributed by atoms with E-state index in [0.29, 0.717) is 132 Å². The van der Waals surface area contributed by atoms with Crippen molar-refractivity contribution in [2.75, 3.05) is 132 Å². The van der Waals surface area contributed by atoms with Crippen LogP contribution in [0.1, 0.15) is 0 Å². The van der Waals surface area contributed by atoms with Crippen LogP contribution in [-0.2, 0) is 37.9 Å². The Morgan fingerprint density at radius 3 is 0.628 bits per heavy atom. The molecule has 16 bridgehead atoms. The standard InChI is InChI=1S/C36H36N2O6.C34H34N2O6/c1-2-18-40-20-22-42-24-26-44-32-13-7-28(8-14-32)34-16-10-30-4-3-29-9-15-33(37-35(29)36(30)38-34)27-5-11-31(12-6-27)43-25-23-41-21-19-39-17-1;1-2-28-8-14-32-26-5-11-30(12-6-26)42-24-22-40-20-18-38-16-15-37-17-19-39-21-23-41-29-9-3-25(4-10-29)31-13-7-27(1)33(35-31)34(28)36-32/h1-16H,17-26H2;1-14H,15-24H2/b2-1-;. The lowest BCUT2D eigenvalue weighted by Gasteiger charge is -2.11. The monoisotopic (exact) mass is 1160 g/mol. The van der Waals surface area contributed by atoms with Gasteiger partial charge in [-0.3, -0.25) is 0 Å². The van der Waals surface area contributed by atoms with E-state index in [1.807, 2.05) is 133 Å². The zero-order chi connectivity index (χ0) is 58.2. The topological polar surface area (TPSA) is 162 Å². The molecule has 0 radical (unpaired) electrons. The van der Waals surface area contributed by atoms with E-state index in [2.05, 4.69) is 48.5 Å². The SMILES string of the molecule is C1=C\COCCOCCOc2ccc(cc2)-c2ccc3ccc4ccc(nc4c3n2)-c2ccc(cc2)OCCOCCOC/1.c1cc2ccc1OCCOCCOCCOCCOCCOc1ccc(cc1)-c1ccc3ccc4ccc-2nc4c3n1. The fraction of sp³-hybridized carbons (Fsp3) is 0.286. The summed E-state index contributed by atoms with van der Waals surface area (Å²) in [5.74, 6) is 3.14. The minimum atomic E-state index is 0.463. The fourth-order valence-electron chi connectivity index (χ4n) is 9.58. The summed E-state index contributed by atoms with van der Waals surface area (Å²) in [5, 5.41) is 4.18. The van der Waals surface area contributed by atoms with Crippen LogP contribution in [0.2, 0.25) is 0 Å². The third-order valence-electron chi connectivity index (χ3n) is 14.1. The molecule has 442 valence electrons. The number of ether oxygens (including phenoxy) is 12. The summed E-state index contributed by atoms with van der Waals surface area (Å²) in [5.41, 5.74) is 11.0. The number of pyridine rings is 4. The van der Waals surface area contributed by atoms with Crippen molar-refractivity contribution in [3.05, 3.63) is 182 Å². The molecule has 10 aromatic rings. The van der Waals surface area contributed by atoms with Crippen molar-refractivity contribution >= 4 is 43.6 Å². The molecule has 4 aromatic heterocycles. The van der Waals surface area contributed by atoms with Gasteiger partial charge in [0, 0.05) is 43.8 Å². The lowest BCUT2D eigenvalue weighted by molar-refractivity contribution is -0.00698. The van der Waals surface area contributed by atoms with Crippen molar-refractivity contribution in [2.24, 2.45) is 0 Å². The van der Waals surface area contributed by atoms with Crippen LogP contribution in [-0.4, -0.2) is 152 Å². The molecule has 10 heterocycles. The first-order valence-corrected chi connectivity index (χ1v) is 29.3. The van der Waals surface area contributed by atoms with Gasteiger partial charge < -0.3 is 56.8 Å². The molecule has 6 aromatic carbocycles. The average Bonchev–Trinajstić information content (AvgIpc) is 1.41. The summed E-state index contributed by atoms with van der Waals surface area (Å²) in [6, 6.07) is 56.8. The zero-order valence-corrected chi connectivity index (χ0v) is 48.2. The van der Waals surface area contributed by atoms with E-state index in [-0.39, 0.29) is 0 Å². The first-order chi connectivity index (χ1) is 42.7. The highest BCUT2D eigenvalue weighted by Gasteiger charge is 2.13. The Morgan fingerprint density at radius 2 is 0.395 bits per heavy atom. The summed E-state index contributed by atoms with van der Waals surface area (Å²) in [7, 11) is 0. The average molecular weight is 1160 g/mol. The van der Waals surface area contributed by atoms with Crippen molar-refractivity contribution in [3.63, 3.8) is 0 Å². The second kappa shape index (κ2) is 31.6. The van der Waals surface area contributed by atoms with E-state index in [1.165, 1.54) is 0 Å². The number of hydrogen-bond acceptors (Lipinski definition) is 16. The first-order valence-electron chi connectivity index (χ1n) is 29.3. The van der Waals surface area contributed by atoms with Gasteiger partial charge in [-0.25, -0.2) is 19.9 Å². The lowest BCUT2D eigenvalue weighted by Crippen LogP contribution is -2.14. The molecule has 0 saturated carbocycles. The smallest absolute Gasteiger partial charge is 0.119 e. The van der Waals surface area contributed by atoms with Gasteiger partial charge in [-0.2, -0.15) is 0 Å². The van der Waals surface area contributed by atoms with Gasteiger partial charge in [-0.05, 0) is 121 Å². The first kappa shape index (κ1) is 59.3. The highest BCUT2D eigenvalue weighted by Crippen LogP contribution is 2.32. The maximum atomic E-state index is 5.86. The molecule has 0 saturated heterocycles. The molecule has 86 heavy (non-hydrogen) atoms. The van der Waals surface area contributed by atoms with Crippen molar-refractivity contribution in [2.45, 2.75) is 0 Å². The molecular weight excluding hydrogens is 1090 g/mol. The summed E-state index contributed by atoms with van der Waals surface area (Å²) in [4.78, 5) is 20.2. The Kier molecular flexibility index (Phi) is 21.8. The van der Waals surface area contributed by atoms with Gasteiger partial charge in [0.2, 0.25) is 0 Å². The molecule has 0 aliphatic carbocycles. The van der Waals surface area contributed by atoms with Gasteiger partial charge in [-0.1, -0.05) is 60.7 Å². The van der Waals surface area contributed by atoms with Gasteiger partial charge >= 0.3 is 0 Å². The highest BCUT2D eigenvalue weighted by atomic mass is 16.6. The third-order valence-corrected chi connectivity index (χ3v) is 14.1. The van der Waals surface area contributed by atoms with E-state index >= 15 is 0 Å². The van der Waals surface area contributed by atoms with Crippen molar-refractivity contribution in [1.29, 1.82) is 0 Å². The molecule has 6 aliphatic rings. The Morgan fingerprint density at radius 1 is 0.198 bits per heavy atom.